The van der Waals surface area contributed by atoms with Crippen LogP contribution in [0, 0.1) is 12.3 Å². The van der Waals surface area contributed by atoms with Crippen LogP contribution in [0.4, 0.5) is 0 Å². The Bertz CT molecular complexity index is 3260. The second kappa shape index (κ2) is 13.2. The van der Waals surface area contributed by atoms with Crippen molar-refractivity contribution in [2.24, 2.45) is 0 Å². The molecule has 0 amide bonds. The molecule has 3 heterocycles. The molecule has 2 aromatic heterocycles. The molecule has 1 aliphatic heterocycles. The number of terminal acetylenes is 1. The second-order valence-corrected chi connectivity index (χ2v) is 15.4. The first-order chi connectivity index (χ1) is 28.1. The topological polar surface area (TPSA) is 35.6 Å². The molecular formula is C53H38N4. The molecule has 57 heavy (non-hydrogen) atoms. The van der Waals surface area contributed by atoms with E-state index in [9.17, 15) is 0 Å². The van der Waals surface area contributed by atoms with Crippen LogP contribution < -0.4 is 10.4 Å². The van der Waals surface area contributed by atoms with Crippen molar-refractivity contribution in [3.05, 3.63) is 191 Å². The molecule has 0 spiro atoms. The number of hydrogen-bond donors (Lipinski definition) is 0. The quantitative estimate of drug-likeness (QED) is 0.131. The lowest BCUT2D eigenvalue weighted by atomic mass is 9.79. The Labute approximate surface area is 331 Å². The maximum Gasteiger partial charge on any atom is 0.145 e. The van der Waals surface area contributed by atoms with E-state index in [4.69, 9.17) is 16.4 Å². The van der Waals surface area contributed by atoms with Gasteiger partial charge in [0.05, 0.1) is 27.8 Å². The van der Waals surface area contributed by atoms with Gasteiger partial charge in [0.15, 0.2) is 0 Å². The zero-order chi connectivity index (χ0) is 38.0. The van der Waals surface area contributed by atoms with E-state index in [0.29, 0.717) is 11.8 Å². The Morgan fingerprint density at radius 2 is 1.49 bits per heavy atom. The van der Waals surface area contributed by atoms with Crippen molar-refractivity contribution < 1.29 is 0 Å². The first kappa shape index (κ1) is 33.1. The molecule has 0 saturated heterocycles. The third-order valence-corrected chi connectivity index (χ3v) is 12.0. The molecule has 0 fully saturated rings. The van der Waals surface area contributed by atoms with E-state index in [1.165, 1.54) is 54.7 Å². The summed E-state index contributed by atoms with van der Waals surface area (Å²) in [5.41, 5.74) is 12.7. The van der Waals surface area contributed by atoms with E-state index < -0.39 is 0 Å². The Balaban J connectivity index is 0.894. The van der Waals surface area contributed by atoms with Crippen molar-refractivity contribution in [3.8, 4) is 40.5 Å². The molecule has 8 aromatic rings. The maximum atomic E-state index is 5.46. The van der Waals surface area contributed by atoms with Crippen LogP contribution in [0.25, 0.3) is 78.9 Å². The minimum atomic E-state index is 0.243. The lowest BCUT2D eigenvalue weighted by molar-refractivity contribution is 0.640. The number of imidazole rings is 2. The molecule has 3 unspecified atom stereocenters. The third kappa shape index (κ3) is 5.46. The van der Waals surface area contributed by atoms with Crippen LogP contribution in [0.2, 0.25) is 0 Å². The summed E-state index contributed by atoms with van der Waals surface area (Å²) in [6.07, 6.45) is 25.9. The SMILES string of the molecule is C#C/C=C\C=C(/C)n1c(-c2ccc3cc(-c4ccc5c(c4)=CCC(c4ccc6c(c4)nc4n6-c6ccccc6C6C=CC=CC46)C=5)ccc3c2)nc2ccccc21. The largest absolute Gasteiger partial charge is 0.296 e. The molecule has 3 atom stereocenters. The van der Waals surface area contributed by atoms with Gasteiger partial charge >= 0.3 is 0 Å². The summed E-state index contributed by atoms with van der Waals surface area (Å²) in [5.74, 6) is 5.48. The Kier molecular flexibility index (Phi) is 7.69. The number of hydrogen-bond acceptors (Lipinski definition) is 2. The fourth-order valence-electron chi connectivity index (χ4n) is 9.26. The van der Waals surface area contributed by atoms with Gasteiger partial charge in [0.2, 0.25) is 0 Å². The number of fused-ring (bicyclic) bond motifs is 11. The van der Waals surface area contributed by atoms with E-state index in [1.54, 1.807) is 6.08 Å². The molecule has 270 valence electrons. The normalized spacial score (nSPS) is 18.2. The van der Waals surface area contributed by atoms with Crippen LogP contribution in [0.1, 0.15) is 48.0 Å². The summed E-state index contributed by atoms with van der Waals surface area (Å²) >= 11 is 0. The smallest absolute Gasteiger partial charge is 0.145 e. The summed E-state index contributed by atoms with van der Waals surface area (Å²) in [4.78, 5) is 10.4. The zero-order valence-corrected chi connectivity index (χ0v) is 31.5. The maximum absolute atomic E-state index is 5.46. The molecule has 0 radical (unpaired) electrons. The molecule has 0 N–H and O–H groups in total. The highest BCUT2D eigenvalue weighted by Crippen LogP contribution is 2.46. The zero-order valence-electron chi connectivity index (χ0n) is 31.5. The van der Waals surface area contributed by atoms with Crippen molar-refractivity contribution in [1.82, 2.24) is 19.1 Å². The highest BCUT2D eigenvalue weighted by molar-refractivity contribution is 5.92. The van der Waals surface area contributed by atoms with E-state index in [2.05, 4.69) is 174 Å². The van der Waals surface area contributed by atoms with E-state index in [-0.39, 0.29) is 5.92 Å². The van der Waals surface area contributed by atoms with Crippen LogP contribution >= 0.6 is 0 Å². The highest BCUT2D eigenvalue weighted by Gasteiger charge is 2.34. The Morgan fingerprint density at radius 3 is 2.39 bits per heavy atom. The van der Waals surface area contributed by atoms with Gasteiger partial charge < -0.3 is 0 Å². The van der Waals surface area contributed by atoms with Crippen LogP contribution in [-0.4, -0.2) is 19.1 Å². The monoisotopic (exact) mass is 730 g/mol. The van der Waals surface area contributed by atoms with Gasteiger partial charge in [-0.2, -0.15) is 0 Å². The van der Waals surface area contributed by atoms with Crippen molar-refractivity contribution in [2.75, 3.05) is 0 Å². The minimum Gasteiger partial charge on any atom is -0.296 e. The summed E-state index contributed by atoms with van der Waals surface area (Å²) in [5, 5.41) is 4.94. The molecule has 0 saturated carbocycles. The summed E-state index contributed by atoms with van der Waals surface area (Å²) in [6, 6.07) is 44.3. The van der Waals surface area contributed by atoms with Crippen molar-refractivity contribution in [1.29, 1.82) is 0 Å². The average Bonchev–Trinajstić information content (AvgIpc) is 3.85. The number of rotatable bonds is 5. The van der Waals surface area contributed by atoms with E-state index in [0.717, 1.165) is 45.9 Å². The molecular weight excluding hydrogens is 693 g/mol. The van der Waals surface area contributed by atoms with E-state index >= 15 is 0 Å². The highest BCUT2D eigenvalue weighted by atomic mass is 15.1. The van der Waals surface area contributed by atoms with Gasteiger partial charge in [-0.25, -0.2) is 9.97 Å². The molecule has 2 aliphatic carbocycles. The number of nitrogens with zero attached hydrogens (tertiary/aromatic N) is 4. The molecule has 6 aromatic carbocycles. The van der Waals surface area contributed by atoms with Crippen LogP contribution in [0.3, 0.4) is 0 Å². The average molecular weight is 731 g/mol. The molecule has 3 aliphatic rings. The molecule has 11 rings (SSSR count). The number of allylic oxidation sites excluding steroid dienone is 8. The van der Waals surface area contributed by atoms with E-state index in [1.807, 2.05) is 18.2 Å². The van der Waals surface area contributed by atoms with Crippen LogP contribution in [-0.2, 0) is 0 Å². The summed E-state index contributed by atoms with van der Waals surface area (Å²) < 4.78 is 4.59. The van der Waals surface area contributed by atoms with Crippen molar-refractivity contribution in [3.63, 3.8) is 0 Å². The Morgan fingerprint density at radius 1 is 0.719 bits per heavy atom. The summed E-state index contributed by atoms with van der Waals surface area (Å²) in [6.45, 7) is 2.09. The fraction of sp³-hybridized carbons (Fsp3) is 0.0943. The first-order valence-corrected chi connectivity index (χ1v) is 19.7. The fourth-order valence-corrected chi connectivity index (χ4v) is 9.26. The first-order valence-electron chi connectivity index (χ1n) is 19.7. The molecule has 0 bridgehead atoms. The van der Waals surface area contributed by atoms with Crippen LogP contribution in [0.5, 0.6) is 0 Å². The second-order valence-electron chi connectivity index (χ2n) is 15.4. The molecule has 4 nitrogen and oxygen atoms in total. The molecule has 4 heteroatoms. The van der Waals surface area contributed by atoms with Gasteiger partial charge in [0.1, 0.15) is 11.6 Å². The third-order valence-electron chi connectivity index (χ3n) is 12.0. The Hall–Kier alpha value is -7.22. The lowest BCUT2D eigenvalue weighted by Crippen LogP contribution is -2.28. The number of aromatic nitrogens is 4. The van der Waals surface area contributed by atoms with Gasteiger partial charge in [-0.15, -0.1) is 6.42 Å². The van der Waals surface area contributed by atoms with Gasteiger partial charge in [0.25, 0.3) is 0 Å². The minimum absolute atomic E-state index is 0.243. The van der Waals surface area contributed by atoms with Gasteiger partial charge in [-0.3, -0.25) is 9.13 Å². The van der Waals surface area contributed by atoms with Gasteiger partial charge in [0, 0.05) is 29.0 Å². The lowest BCUT2D eigenvalue weighted by Gasteiger charge is -2.32. The predicted molar refractivity (Wildman–Crippen MR) is 236 cm³/mol. The van der Waals surface area contributed by atoms with Crippen molar-refractivity contribution >= 4 is 50.7 Å². The van der Waals surface area contributed by atoms with Crippen LogP contribution in [0.15, 0.2) is 164 Å². The van der Waals surface area contributed by atoms with Gasteiger partial charge in [-0.1, -0.05) is 121 Å². The predicted octanol–water partition coefficient (Wildman–Crippen LogP) is 11.0. The standard InChI is InChI=1S/C53H38N4/c1-3-4-5-12-34(2)56-50-18-11-9-16-47(50)54-52(56)43-26-25-39-30-37(22-24-41(39)32-43)35-19-20-38-31-40(23-21-36(38)29-35)42-27-28-51-48(33-42)55-53-46-15-7-6-13-44(46)45-14-8-10-17-49(45)57(51)53/h1,4-22,24-33,40,44,46H,23H2,2H3/b5-4-,34-12+. The number of para-hydroxylation sites is 3. The number of benzene rings is 6. The van der Waals surface area contributed by atoms with Gasteiger partial charge in [-0.05, 0) is 117 Å². The summed E-state index contributed by atoms with van der Waals surface area (Å²) in [7, 11) is 0. The van der Waals surface area contributed by atoms with Crippen molar-refractivity contribution in [2.45, 2.75) is 31.1 Å².